The molecule has 0 amide bonds. The molecule has 0 aromatic heterocycles. The molecule has 4 rings (SSSR count). The van der Waals surface area contributed by atoms with Gasteiger partial charge in [0.25, 0.3) is 0 Å². The van der Waals surface area contributed by atoms with Gasteiger partial charge in [-0.1, -0.05) is 136 Å². The SMILES string of the molecule is C.CC.CC.CC.CC.COC1CCC(C(C)c2ccc(-c3ccc(C)cc3)c3ccccc23)CC1. The van der Waals surface area contributed by atoms with E-state index in [-0.39, 0.29) is 7.43 Å². The predicted octanol–water partition coefficient (Wildman–Crippen LogP) is 11.9. The molecule has 0 aliphatic heterocycles. The van der Waals surface area contributed by atoms with Crippen LogP contribution in [0.4, 0.5) is 0 Å². The topological polar surface area (TPSA) is 9.23 Å². The number of rotatable bonds is 4. The van der Waals surface area contributed by atoms with Crippen molar-refractivity contribution in [2.24, 2.45) is 5.92 Å². The van der Waals surface area contributed by atoms with Gasteiger partial charge in [-0.05, 0) is 71.9 Å². The van der Waals surface area contributed by atoms with E-state index in [2.05, 4.69) is 74.5 Å². The standard InChI is InChI=1S/C26H30O.4C2H6.CH4/c1-18-8-10-21(11-9-18)24-17-16-23(25-6-4-5-7-26(24)25)19(2)20-12-14-22(27-3)15-13-20;4*1-2;/h4-11,16-17,19-20,22H,12-15H2,1-3H3;4*1-2H3;1H4. The fourth-order valence-corrected chi connectivity index (χ4v) is 4.78. The quantitative estimate of drug-likeness (QED) is 0.350. The summed E-state index contributed by atoms with van der Waals surface area (Å²) in [6.07, 6.45) is 5.41. The Morgan fingerprint density at radius 2 is 1.17 bits per heavy atom. The van der Waals surface area contributed by atoms with Crippen LogP contribution in [0.15, 0.2) is 60.7 Å². The highest BCUT2D eigenvalue weighted by atomic mass is 16.5. The van der Waals surface area contributed by atoms with Crippen LogP contribution in [-0.2, 0) is 4.74 Å². The van der Waals surface area contributed by atoms with Crippen molar-refractivity contribution in [1.29, 1.82) is 0 Å². The third-order valence-corrected chi connectivity index (χ3v) is 6.57. The van der Waals surface area contributed by atoms with Gasteiger partial charge in [-0.15, -0.1) is 0 Å². The van der Waals surface area contributed by atoms with Crippen LogP contribution in [0.25, 0.3) is 21.9 Å². The van der Waals surface area contributed by atoms with E-state index in [1.807, 2.05) is 62.5 Å². The van der Waals surface area contributed by atoms with E-state index in [0.717, 1.165) is 5.92 Å². The third-order valence-electron chi connectivity index (χ3n) is 6.57. The molecule has 1 aliphatic carbocycles. The summed E-state index contributed by atoms with van der Waals surface area (Å²) in [6, 6.07) is 22.5. The molecule has 0 heterocycles. The maximum Gasteiger partial charge on any atom is 0.0571 e. The van der Waals surface area contributed by atoms with Crippen LogP contribution in [0, 0.1) is 12.8 Å². The Balaban J connectivity index is 0. The van der Waals surface area contributed by atoms with E-state index in [1.165, 1.54) is 58.7 Å². The molecule has 204 valence electrons. The van der Waals surface area contributed by atoms with Gasteiger partial charge in [0.15, 0.2) is 0 Å². The van der Waals surface area contributed by atoms with Crippen LogP contribution < -0.4 is 0 Å². The maximum absolute atomic E-state index is 5.57. The van der Waals surface area contributed by atoms with E-state index >= 15 is 0 Å². The second-order valence-electron chi connectivity index (χ2n) is 8.18. The number of hydrogen-bond donors (Lipinski definition) is 0. The predicted molar refractivity (Wildman–Crippen MR) is 167 cm³/mol. The molecule has 0 spiro atoms. The molecule has 1 saturated carbocycles. The fraction of sp³-hybridized carbons (Fsp3) is 0.543. The smallest absolute Gasteiger partial charge is 0.0571 e. The number of benzene rings is 3. The highest BCUT2D eigenvalue weighted by Crippen LogP contribution is 2.41. The van der Waals surface area contributed by atoms with Crippen LogP contribution in [0.3, 0.4) is 0 Å². The van der Waals surface area contributed by atoms with Gasteiger partial charge in [0, 0.05) is 7.11 Å². The van der Waals surface area contributed by atoms with E-state index in [9.17, 15) is 0 Å². The van der Waals surface area contributed by atoms with E-state index in [4.69, 9.17) is 4.74 Å². The summed E-state index contributed by atoms with van der Waals surface area (Å²) in [6.45, 7) is 20.6. The van der Waals surface area contributed by atoms with Crippen LogP contribution in [0.1, 0.15) is 112 Å². The summed E-state index contributed by atoms with van der Waals surface area (Å²) in [5.41, 5.74) is 5.45. The lowest BCUT2D eigenvalue weighted by Gasteiger charge is -2.32. The lowest BCUT2D eigenvalue weighted by atomic mass is 9.75. The van der Waals surface area contributed by atoms with E-state index < -0.39 is 0 Å². The van der Waals surface area contributed by atoms with Gasteiger partial charge in [-0.2, -0.15) is 0 Å². The average Bonchev–Trinajstić information content (AvgIpc) is 2.97. The summed E-state index contributed by atoms with van der Waals surface area (Å²) in [7, 11) is 1.85. The Bertz CT molecular complexity index is 902. The average molecular weight is 495 g/mol. The molecule has 1 nitrogen and oxygen atoms in total. The summed E-state index contributed by atoms with van der Waals surface area (Å²) in [5, 5.41) is 2.79. The van der Waals surface area contributed by atoms with Crippen LogP contribution in [0.2, 0.25) is 0 Å². The first kappa shape index (κ1) is 36.0. The fourth-order valence-electron chi connectivity index (χ4n) is 4.78. The number of hydrogen-bond acceptors (Lipinski definition) is 1. The molecule has 1 heteroatoms. The molecule has 0 bridgehead atoms. The second-order valence-corrected chi connectivity index (χ2v) is 8.18. The van der Waals surface area contributed by atoms with Crippen molar-refractivity contribution in [2.75, 3.05) is 7.11 Å². The van der Waals surface area contributed by atoms with Crippen molar-refractivity contribution in [2.45, 2.75) is 114 Å². The number of aryl methyl sites for hydroxylation is 1. The Morgan fingerprint density at radius 1 is 0.667 bits per heavy atom. The highest BCUT2D eigenvalue weighted by molar-refractivity contribution is 5.98. The van der Waals surface area contributed by atoms with Crippen LogP contribution in [-0.4, -0.2) is 13.2 Å². The van der Waals surface area contributed by atoms with Crippen molar-refractivity contribution >= 4 is 10.8 Å². The molecule has 1 unspecified atom stereocenters. The first-order valence-corrected chi connectivity index (χ1v) is 14.3. The molecule has 0 N–H and O–H groups in total. The molecule has 1 fully saturated rings. The van der Waals surface area contributed by atoms with Crippen LogP contribution >= 0.6 is 0 Å². The van der Waals surface area contributed by atoms with Gasteiger partial charge >= 0.3 is 0 Å². The van der Waals surface area contributed by atoms with Crippen LogP contribution in [0.5, 0.6) is 0 Å². The minimum absolute atomic E-state index is 0. The molecule has 1 atom stereocenters. The highest BCUT2D eigenvalue weighted by Gasteiger charge is 2.27. The molecule has 36 heavy (non-hydrogen) atoms. The van der Waals surface area contributed by atoms with Crippen molar-refractivity contribution in [1.82, 2.24) is 0 Å². The van der Waals surface area contributed by atoms with E-state index in [0.29, 0.717) is 12.0 Å². The Kier molecular flexibility index (Phi) is 21.0. The lowest BCUT2D eigenvalue weighted by Crippen LogP contribution is -2.23. The minimum Gasteiger partial charge on any atom is -0.381 e. The van der Waals surface area contributed by atoms with Crippen molar-refractivity contribution in [3.05, 3.63) is 71.8 Å². The first-order valence-electron chi connectivity index (χ1n) is 14.3. The zero-order valence-corrected chi connectivity index (χ0v) is 24.7. The van der Waals surface area contributed by atoms with Gasteiger partial charge in [0.2, 0.25) is 0 Å². The third kappa shape index (κ3) is 9.74. The number of methoxy groups -OCH3 is 1. The van der Waals surface area contributed by atoms with Crippen molar-refractivity contribution in [3.63, 3.8) is 0 Å². The normalized spacial score (nSPS) is 16.6. The molecule has 1 aliphatic rings. The number of fused-ring (bicyclic) bond motifs is 1. The minimum atomic E-state index is 0. The Labute approximate surface area is 225 Å². The van der Waals surface area contributed by atoms with Gasteiger partial charge < -0.3 is 4.74 Å². The van der Waals surface area contributed by atoms with E-state index in [1.54, 1.807) is 0 Å². The van der Waals surface area contributed by atoms with Crippen molar-refractivity contribution in [3.8, 4) is 11.1 Å². The summed E-state index contributed by atoms with van der Waals surface area (Å²) >= 11 is 0. The van der Waals surface area contributed by atoms with Gasteiger partial charge in [-0.3, -0.25) is 0 Å². The van der Waals surface area contributed by atoms with Crippen molar-refractivity contribution < 1.29 is 4.74 Å². The molecular weight excluding hydrogens is 436 g/mol. The zero-order chi connectivity index (χ0) is 26.8. The van der Waals surface area contributed by atoms with Gasteiger partial charge in [-0.25, -0.2) is 0 Å². The molecule has 3 aromatic carbocycles. The summed E-state index contributed by atoms with van der Waals surface area (Å²) in [5.74, 6) is 1.34. The Hall–Kier alpha value is -2.12. The molecule has 3 aromatic rings. The summed E-state index contributed by atoms with van der Waals surface area (Å²) < 4.78 is 5.57. The second kappa shape index (κ2) is 21.0. The molecule has 0 radical (unpaired) electrons. The Morgan fingerprint density at radius 3 is 1.67 bits per heavy atom. The first-order chi connectivity index (χ1) is 17.2. The lowest BCUT2D eigenvalue weighted by molar-refractivity contribution is 0.0534. The summed E-state index contributed by atoms with van der Waals surface area (Å²) in [4.78, 5) is 0. The maximum atomic E-state index is 5.57. The monoisotopic (exact) mass is 494 g/mol. The largest absolute Gasteiger partial charge is 0.381 e. The zero-order valence-electron chi connectivity index (χ0n) is 24.7. The van der Waals surface area contributed by atoms with Gasteiger partial charge in [0.05, 0.1) is 6.10 Å². The molecular formula is C35H58O. The van der Waals surface area contributed by atoms with Gasteiger partial charge in [0.1, 0.15) is 0 Å². The molecule has 0 saturated heterocycles. The number of ether oxygens (including phenoxy) is 1.